The highest BCUT2D eigenvalue weighted by Gasteiger charge is 2.12. The highest BCUT2D eigenvalue weighted by Crippen LogP contribution is 2.14. The van der Waals surface area contributed by atoms with E-state index in [-0.39, 0.29) is 18.2 Å². The molecule has 0 bridgehead atoms. The Balaban J connectivity index is 0.00000176. The minimum absolute atomic E-state index is 0. The molecule has 0 radical (unpaired) electrons. The van der Waals surface area contributed by atoms with Gasteiger partial charge in [-0.25, -0.2) is 14.4 Å². The van der Waals surface area contributed by atoms with Crippen molar-refractivity contribution < 1.29 is 9.13 Å². The first-order chi connectivity index (χ1) is 10.3. The third-order valence-corrected chi connectivity index (χ3v) is 3.33. The van der Waals surface area contributed by atoms with Crippen LogP contribution in [0.15, 0.2) is 36.7 Å². The molecule has 2 aromatic rings. The van der Waals surface area contributed by atoms with Crippen molar-refractivity contribution in [1.82, 2.24) is 15.3 Å². The Labute approximate surface area is 134 Å². The maximum absolute atomic E-state index is 12.8. The van der Waals surface area contributed by atoms with Gasteiger partial charge in [-0.2, -0.15) is 0 Å². The molecule has 3 rings (SSSR count). The summed E-state index contributed by atoms with van der Waals surface area (Å²) in [5, 5.41) is 3.29. The fourth-order valence-electron chi connectivity index (χ4n) is 2.16. The lowest BCUT2D eigenvalue weighted by Gasteiger charge is -2.27. The first kappa shape index (κ1) is 16.5. The maximum Gasteiger partial charge on any atom is 0.225 e. The summed E-state index contributed by atoms with van der Waals surface area (Å²) >= 11 is 0. The second kappa shape index (κ2) is 7.91. The zero-order valence-corrected chi connectivity index (χ0v) is 12.9. The van der Waals surface area contributed by atoms with Gasteiger partial charge in [0.1, 0.15) is 12.4 Å². The lowest BCUT2D eigenvalue weighted by Crippen LogP contribution is -2.44. The van der Waals surface area contributed by atoms with Gasteiger partial charge in [0.05, 0.1) is 12.4 Å². The molecule has 7 heteroatoms. The predicted molar refractivity (Wildman–Crippen MR) is 85.1 cm³/mol. The first-order valence-electron chi connectivity index (χ1n) is 6.96. The fraction of sp³-hybridized carbons (Fsp3) is 0.333. The van der Waals surface area contributed by atoms with Crippen molar-refractivity contribution >= 4 is 18.4 Å². The molecule has 1 aliphatic heterocycles. The number of rotatable bonds is 4. The van der Waals surface area contributed by atoms with Gasteiger partial charge in [0.15, 0.2) is 5.75 Å². The van der Waals surface area contributed by atoms with E-state index in [0.29, 0.717) is 12.4 Å². The number of aromatic nitrogens is 2. The molecule has 118 valence electrons. The van der Waals surface area contributed by atoms with Crippen LogP contribution >= 0.6 is 12.4 Å². The lowest BCUT2D eigenvalue weighted by molar-refractivity contribution is 0.303. The SMILES string of the molecule is Cl.Fc1ccc(COc2cnc(N3CCNCC3)nc2)cc1. The molecule has 1 fully saturated rings. The van der Waals surface area contributed by atoms with Crippen LogP contribution in [0.1, 0.15) is 5.56 Å². The van der Waals surface area contributed by atoms with E-state index in [0.717, 1.165) is 37.7 Å². The van der Waals surface area contributed by atoms with Gasteiger partial charge in [-0.15, -0.1) is 12.4 Å². The van der Waals surface area contributed by atoms with Gasteiger partial charge in [0.2, 0.25) is 5.95 Å². The Morgan fingerprint density at radius 1 is 1.09 bits per heavy atom. The summed E-state index contributed by atoms with van der Waals surface area (Å²) in [4.78, 5) is 10.8. The van der Waals surface area contributed by atoms with Crippen molar-refractivity contribution in [3.63, 3.8) is 0 Å². The van der Waals surface area contributed by atoms with Gasteiger partial charge in [0, 0.05) is 26.2 Å². The average Bonchev–Trinajstić information content (AvgIpc) is 2.56. The van der Waals surface area contributed by atoms with Crippen molar-refractivity contribution in [3.05, 3.63) is 48.0 Å². The van der Waals surface area contributed by atoms with Gasteiger partial charge in [-0.3, -0.25) is 0 Å². The van der Waals surface area contributed by atoms with Gasteiger partial charge in [-0.1, -0.05) is 12.1 Å². The lowest BCUT2D eigenvalue weighted by atomic mass is 10.2. The molecule has 0 unspecified atom stereocenters. The molecule has 0 saturated carbocycles. The second-order valence-electron chi connectivity index (χ2n) is 4.87. The number of piperazine rings is 1. The number of halogens is 2. The third-order valence-electron chi connectivity index (χ3n) is 3.33. The quantitative estimate of drug-likeness (QED) is 0.932. The van der Waals surface area contributed by atoms with E-state index in [1.807, 2.05) is 0 Å². The number of benzene rings is 1. The van der Waals surface area contributed by atoms with Crippen LogP contribution < -0.4 is 15.0 Å². The second-order valence-corrected chi connectivity index (χ2v) is 4.87. The Morgan fingerprint density at radius 2 is 1.73 bits per heavy atom. The van der Waals surface area contributed by atoms with Crippen LogP contribution in [0.3, 0.4) is 0 Å². The predicted octanol–water partition coefficient (Wildman–Crippen LogP) is 2.03. The van der Waals surface area contributed by atoms with E-state index in [4.69, 9.17) is 4.74 Å². The molecule has 1 aromatic heterocycles. The van der Waals surface area contributed by atoms with Crippen LogP contribution in [0.5, 0.6) is 5.75 Å². The maximum atomic E-state index is 12.8. The minimum atomic E-state index is -0.248. The molecule has 1 saturated heterocycles. The van der Waals surface area contributed by atoms with Gasteiger partial charge in [0.25, 0.3) is 0 Å². The van der Waals surface area contributed by atoms with E-state index >= 15 is 0 Å². The summed E-state index contributed by atoms with van der Waals surface area (Å²) in [6.07, 6.45) is 3.35. The highest BCUT2D eigenvalue weighted by molar-refractivity contribution is 5.85. The van der Waals surface area contributed by atoms with Crippen LogP contribution in [0.2, 0.25) is 0 Å². The summed E-state index contributed by atoms with van der Waals surface area (Å²) in [6.45, 7) is 4.10. The van der Waals surface area contributed by atoms with Crippen molar-refractivity contribution in [1.29, 1.82) is 0 Å². The Morgan fingerprint density at radius 3 is 2.36 bits per heavy atom. The van der Waals surface area contributed by atoms with Crippen molar-refractivity contribution in [2.75, 3.05) is 31.1 Å². The van der Waals surface area contributed by atoms with Gasteiger partial charge < -0.3 is 15.0 Å². The molecule has 2 heterocycles. The molecule has 1 aromatic carbocycles. The summed E-state index contributed by atoms with van der Waals surface area (Å²) in [7, 11) is 0. The van der Waals surface area contributed by atoms with Crippen LogP contribution in [0.25, 0.3) is 0 Å². The summed E-state index contributed by atoms with van der Waals surface area (Å²) in [5.41, 5.74) is 0.905. The van der Waals surface area contributed by atoms with Crippen LogP contribution in [-0.4, -0.2) is 36.1 Å². The molecule has 0 spiro atoms. The smallest absolute Gasteiger partial charge is 0.225 e. The van der Waals surface area contributed by atoms with E-state index in [2.05, 4.69) is 20.2 Å². The molecule has 0 aliphatic carbocycles. The van der Waals surface area contributed by atoms with Crippen LogP contribution in [0.4, 0.5) is 10.3 Å². The van der Waals surface area contributed by atoms with E-state index in [1.54, 1.807) is 24.5 Å². The monoisotopic (exact) mass is 324 g/mol. The minimum Gasteiger partial charge on any atom is -0.486 e. The number of ether oxygens (including phenoxy) is 1. The van der Waals surface area contributed by atoms with Crippen LogP contribution in [-0.2, 0) is 6.61 Å². The van der Waals surface area contributed by atoms with Crippen LogP contribution in [0, 0.1) is 5.82 Å². The standard InChI is InChI=1S/C15H17FN4O.ClH/c16-13-3-1-12(2-4-13)11-21-14-9-18-15(19-10-14)20-7-5-17-6-8-20;/h1-4,9-10,17H,5-8,11H2;1H. The summed E-state index contributed by atoms with van der Waals surface area (Å²) in [5.74, 6) is 1.09. The largest absolute Gasteiger partial charge is 0.486 e. The number of nitrogens with one attached hydrogen (secondary N) is 1. The highest BCUT2D eigenvalue weighted by atomic mass is 35.5. The molecule has 0 amide bonds. The van der Waals surface area contributed by atoms with Crippen molar-refractivity contribution in [2.45, 2.75) is 6.61 Å². The van der Waals surface area contributed by atoms with Gasteiger partial charge >= 0.3 is 0 Å². The normalized spacial score (nSPS) is 14.3. The first-order valence-corrected chi connectivity index (χ1v) is 6.96. The molecule has 5 nitrogen and oxygen atoms in total. The molecular formula is C15H18ClFN4O. The zero-order chi connectivity index (χ0) is 14.5. The third kappa shape index (κ3) is 4.29. The number of nitrogens with zero attached hydrogens (tertiary/aromatic N) is 3. The summed E-state index contributed by atoms with van der Waals surface area (Å²) in [6, 6.07) is 6.24. The van der Waals surface area contributed by atoms with Crippen molar-refractivity contribution in [2.24, 2.45) is 0 Å². The van der Waals surface area contributed by atoms with Crippen molar-refractivity contribution in [3.8, 4) is 5.75 Å². The van der Waals surface area contributed by atoms with E-state index in [9.17, 15) is 4.39 Å². The van der Waals surface area contributed by atoms with Gasteiger partial charge in [-0.05, 0) is 17.7 Å². The average molecular weight is 325 g/mol. The Kier molecular flexibility index (Phi) is 5.91. The Bertz CT molecular complexity index is 573. The number of anilines is 1. The fourth-order valence-corrected chi connectivity index (χ4v) is 2.16. The molecule has 1 N–H and O–H groups in total. The van der Waals surface area contributed by atoms with E-state index < -0.39 is 0 Å². The molecule has 1 aliphatic rings. The zero-order valence-electron chi connectivity index (χ0n) is 12.0. The summed E-state index contributed by atoms with van der Waals surface area (Å²) < 4.78 is 18.4. The molecule has 0 atom stereocenters. The molecular weight excluding hydrogens is 307 g/mol. The Hall–Kier alpha value is -1.92. The van der Waals surface area contributed by atoms with E-state index in [1.165, 1.54) is 12.1 Å². The topological polar surface area (TPSA) is 50.3 Å². The number of hydrogen-bond acceptors (Lipinski definition) is 5. The number of hydrogen-bond donors (Lipinski definition) is 1. The molecule has 22 heavy (non-hydrogen) atoms.